The second-order valence-electron chi connectivity index (χ2n) is 5.86. The van der Waals surface area contributed by atoms with E-state index in [0.29, 0.717) is 0 Å². The molecule has 0 radical (unpaired) electrons. The Hall–Kier alpha value is -0.610. The maximum Gasteiger partial charge on any atom is 0.244 e. The summed E-state index contributed by atoms with van der Waals surface area (Å²) in [7, 11) is 1.75. The van der Waals surface area contributed by atoms with Gasteiger partial charge in [0.25, 0.3) is 0 Å². The number of hydrogen-bond donors (Lipinski definition) is 1. The Morgan fingerprint density at radius 1 is 1.59 bits per heavy atom. The molecule has 1 N–H and O–H groups in total. The van der Waals surface area contributed by atoms with E-state index in [-0.39, 0.29) is 36.3 Å². The molecule has 2 atom stereocenters. The first kappa shape index (κ1) is 16.4. The van der Waals surface area contributed by atoms with Crippen molar-refractivity contribution in [3.8, 4) is 0 Å². The summed E-state index contributed by atoms with van der Waals surface area (Å²) < 4.78 is 12.9. The summed E-state index contributed by atoms with van der Waals surface area (Å²) >= 11 is 0. The van der Waals surface area contributed by atoms with Gasteiger partial charge in [-0.05, 0) is 12.3 Å². The number of nitrogens with one attached hydrogen (secondary N) is 1. The highest BCUT2D eigenvalue weighted by atomic mass is 35.5. The molecule has 0 aliphatic carbocycles. The monoisotopic (exact) mass is 264 g/mol. The molecule has 0 bridgehead atoms. The highest BCUT2D eigenvalue weighted by molar-refractivity contribution is 5.88. The van der Waals surface area contributed by atoms with Crippen molar-refractivity contribution in [2.24, 2.45) is 5.41 Å². The smallest absolute Gasteiger partial charge is 0.244 e. The highest BCUT2D eigenvalue weighted by Crippen LogP contribution is 2.33. The molecular formula is C12H22ClFN2O. The normalized spacial score (nSPS) is 29.2. The van der Waals surface area contributed by atoms with E-state index >= 15 is 0 Å². The number of carbonyl (C=O) groups excluding carboxylic acids is 1. The van der Waals surface area contributed by atoms with E-state index in [2.05, 4.69) is 11.9 Å². The van der Waals surface area contributed by atoms with Gasteiger partial charge in [0.05, 0.1) is 12.0 Å². The third kappa shape index (κ3) is 3.19. The van der Waals surface area contributed by atoms with Crippen LogP contribution in [0.5, 0.6) is 0 Å². The van der Waals surface area contributed by atoms with Crippen LogP contribution in [0, 0.1) is 5.41 Å². The second kappa shape index (κ2) is 4.94. The average Bonchev–Trinajstić information content (AvgIpc) is 2.28. The summed E-state index contributed by atoms with van der Waals surface area (Å²) in [6.07, 6.45) is -0.0488. The third-order valence-corrected chi connectivity index (χ3v) is 3.00. The Morgan fingerprint density at radius 2 is 2.06 bits per heavy atom. The summed E-state index contributed by atoms with van der Waals surface area (Å²) in [6.45, 7) is 11.1. The fraction of sp³-hybridized carbons (Fsp3) is 0.750. The van der Waals surface area contributed by atoms with Crippen molar-refractivity contribution in [3.05, 3.63) is 12.4 Å². The number of amides is 1. The summed E-state index contributed by atoms with van der Waals surface area (Å²) in [5.74, 6) is -0.544. The molecule has 0 saturated carbocycles. The largest absolute Gasteiger partial charge is 0.328 e. The van der Waals surface area contributed by atoms with Gasteiger partial charge in [0.15, 0.2) is 0 Å². The molecule has 0 spiro atoms. The van der Waals surface area contributed by atoms with E-state index in [1.165, 1.54) is 0 Å². The lowest BCUT2D eigenvalue weighted by Crippen LogP contribution is -2.48. The lowest BCUT2D eigenvalue weighted by atomic mass is 9.91. The van der Waals surface area contributed by atoms with Gasteiger partial charge >= 0.3 is 0 Å². The van der Waals surface area contributed by atoms with Crippen LogP contribution in [-0.4, -0.2) is 29.6 Å². The molecule has 0 aromatic heterocycles. The summed E-state index contributed by atoms with van der Waals surface area (Å²) in [4.78, 5) is 13.7. The zero-order valence-electron chi connectivity index (χ0n) is 11.1. The quantitative estimate of drug-likeness (QED) is 0.831. The number of likely N-dealkylation sites (N-methyl/N-ethyl adjacent to an activating group) is 1. The third-order valence-electron chi connectivity index (χ3n) is 3.00. The van der Waals surface area contributed by atoms with Crippen LogP contribution in [0.2, 0.25) is 0 Å². The van der Waals surface area contributed by atoms with Gasteiger partial charge in [-0.25, -0.2) is 4.39 Å². The van der Waals surface area contributed by atoms with Crippen LogP contribution < -0.4 is 5.32 Å². The SMILES string of the molecule is C=C(F)C[C@]1(C)N[C@@H](C(C)(C)C)N(C)C1=O.Cl. The maximum absolute atomic E-state index is 12.9. The first-order chi connectivity index (χ1) is 7.08. The van der Waals surface area contributed by atoms with Crippen LogP contribution in [-0.2, 0) is 4.79 Å². The molecule has 0 aromatic carbocycles. The van der Waals surface area contributed by atoms with Crippen molar-refractivity contribution < 1.29 is 9.18 Å². The van der Waals surface area contributed by atoms with Crippen LogP contribution in [0.4, 0.5) is 4.39 Å². The Bertz CT molecular complexity index is 327. The van der Waals surface area contributed by atoms with Crippen molar-refractivity contribution in [3.63, 3.8) is 0 Å². The molecule has 0 aromatic rings. The number of nitrogens with zero attached hydrogens (tertiary/aromatic N) is 1. The molecule has 3 nitrogen and oxygen atoms in total. The maximum atomic E-state index is 12.9. The van der Waals surface area contributed by atoms with Gasteiger partial charge < -0.3 is 4.90 Å². The van der Waals surface area contributed by atoms with Crippen molar-refractivity contribution in [2.45, 2.75) is 45.8 Å². The van der Waals surface area contributed by atoms with Crippen molar-refractivity contribution >= 4 is 18.3 Å². The van der Waals surface area contributed by atoms with Gasteiger partial charge in [-0.3, -0.25) is 10.1 Å². The molecule has 100 valence electrons. The molecule has 1 fully saturated rings. The van der Waals surface area contributed by atoms with Gasteiger partial charge in [-0.1, -0.05) is 27.4 Å². The minimum atomic E-state index is -0.863. The van der Waals surface area contributed by atoms with Crippen LogP contribution in [0.25, 0.3) is 0 Å². The van der Waals surface area contributed by atoms with Crippen LogP contribution in [0.3, 0.4) is 0 Å². The molecule has 1 rings (SSSR count). The zero-order chi connectivity index (χ0) is 12.7. The first-order valence-corrected chi connectivity index (χ1v) is 5.46. The van der Waals surface area contributed by atoms with Crippen LogP contribution >= 0.6 is 12.4 Å². The van der Waals surface area contributed by atoms with Gasteiger partial charge in [0.1, 0.15) is 5.54 Å². The lowest BCUT2D eigenvalue weighted by molar-refractivity contribution is -0.132. The van der Waals surface area contributed by atoms with Crippen LogP contribution in [0.1, 0.15) is 34.1 Å². The summed E-state index contributed by atoms with van der Waals surface area (Å²) in [5, 5.41) is 3.21. The van der Waals surface area contributed by atoms with Gasteiger partial charge in [0.2, 0.25) is 5.91 Å². The summed E-state index contributed by atoms with van der Waals surface area (Å²) in [6, 6.07) is 0. The zero-order valence-corrected chi connectivity index (χ0v) is 11.9. The lowest BCUT2D eigenvalue weighted by Gasteiger charge is -2.32. The van der Waals surface area contributed by atoms with E-state index in [1.54, 1.807) is 18.9 Å². The van der Waals surface area contributed by atoms with E-state index in [0.717, 1.165) is 0 Å². The van der Waals surface area contributed by atoms with Crippen LogP contribution in [0.15, 0.2) is 12.4 Å². The molecular weight excluding hydrogens is 243 g/mol. The average molecular weight is 265 g/mol. The first-order valence-electron chi connectivity index (χ1n) is 5.46. The number of carbonyl (C=O) groups is 1. The van der Waals surface area contributed by atoms with Crippen molar-refractivity contribution in [2.75, 3.05) is 7.05 Å². The summed E-state index contributed by atoms with van der Waals surface area (Å²) in [5.41, 5.74) is -0.946. The number of hydrogen-bond acceptors (Lipinski definition) is 2. The molecule has 1 aliphatic heterocycles. The van der Waals surface area contributed by atoms with Crippen molar-refractivity contribution in [1.82, 2.24) is 10.2 Å². The standard InChI is InChI=1S/C12H21FN2O.ClH/c1-8(13)7-12(5)10(16)15(6)9(14-12)11(2,3)4;/h9,14H,1,7H2,2-6H3;1H/t9-,12+;/m1./s1. The topological polar surface area (TPSA) is 32.3 Å². The van der Waals surface area contributed by atoms with E-state index < -0.39 is 11.4 Å². The number of rotatable bonds is 2. The van der Waals surface area contributed by atoms with Gasteiger partial charge in [0, 0.05) is 13.5 Å². The Kier molecular flexibility index (Phi) is 4.77. The van der Waals surface area contributed by atoms with E-state index in [9.17, 15) is 9.18 Å². The van der Waals surface area contributed by atoms with Crippen molar-refractivity contribution in [1.29, 1.82) is 0 Å². The predicted molar refractivity (Wildman–Crippen MR) is 69.7 cm³/mol. The fourth-order valence-electron chi connectivity index (χ4n) is 2.27. The predicted octanol–water partition coefficient (Wildman–Crippen LogP) is 2.47. The second-order valence-corrected chi connectivity index (χ2v) is 5.86. The minimum absolute atomic E-state index is 0. The van der Waals surface area contributed by atoms with Gasteiger partial charge in [-0.15, -0.1) is 12.4 Å². The molecule has 1 heterocycles. The molecule has 17 heavy (non-hydrogen) atoms. The van der Waals surface area contributed by atoms with E-state index in [1.807, 2.05) is 20.8 Å². The molecule has 0 unspecified atom stereocenters. The minimum Gasteiger partial charge on any atom is -0.328 e. The van der Waals surface area contributed by atoms with E-state index in [4.69, 9.17) is 0 Å². The Labute approximate surface area is 109 Å². The number of halogens is 2. The molecule has 5 heteroatoms. The molecule has 1 amide bonds. The molecule has 1 saturated heterocycles. The highest BCUT2D eigenvalue weighted by Gasteiger charge is 2.49. The van der Waals surface area contributed by atoms with Gasteiger partial charge in [-0.2, -0.15) is 0 Å². The Morgan fingerprint density at radius 3 is 2.35 bits per heavy atom. The fourth-order valence-corrected chi connectivity index (χ4v) is 2.27. The molecule has 1 aliphatic rings. The Balaban J connectivity index is 0.00000256.